The number of halogens is 1. The maximum atomic E-state index is 11.4. The highest BCUT2D eigenvalue weighted by Gasteiger charge is 2.12. The van der Waals surface area contributed by atoms with Gasteiger partial charge in [-0.1, -0.05) is 18.2 Å². The van der Waals surface area contributed by atoms with E-state index in [9.17, 15) is 19.7 Å². The Morgan fingerprint density at radius 1 is 1.20 bits per heavy atom. The lowest BCUT2D eigenvalue weighted by Gasteiger charge is -2.06. The summed E-state index contributed by atoms with van der Waals surface area (Å²) in [7, 11) is 0. The number of nitrogens with one attached hydrogen (secondary N) is 2. The number of nitrogens with zero attached hydrogens (tertiary/aromatic N) is 1. The minimum atomic E-state index is -0.516. The molecule has 1 aromatic rings. The van der Waals surface area contributed by atoms with Gasteiger partial charge in [-0.25, -0.2) is 0 Å². The van der Waals surface area contributed by atoms with E-state index in [1.165, 1.54) is 6.07 Å². The van der Waals surface area contributed by atoms with Crippen molar-refractivity contribution in [2.24, 2.45) is 5.73 Å². The average molecular weight is 303 g/mol. The summed E-state index contributed by atoms with van der Waals surface area (Å²) >= 11 is 0. The summed E-state index contributed by atoms with van der Waals surface area (Å²) in [6.07, 6.45) is 0. The van der Waals surface area contributed by atoms with Crippen LogP contribution in [0, 0.1) is 10.1 Å². The number of carbonyl (C=O) groups excluding carboxylic acids is 2. The van der Waals surface area contributed by atoms with Crippen LogP contribution in [0.3, 0.4) is 0 Å². The molecule has 4 N–H and O–H groups in total. The average Bonchev–Trinajstić information content (AvgIpc) is 2.42. The third-order valence-corrected chi connectivity index (χ3v) is 2.30. The Bertz CT molecular complexity index is 495. The Morgan fingerprint density at radius 2 is 1.85 bits per heavy atom. The first-order chi connectivity index (χ1) is 9.04. The van der Waals surface area contributed by atoms with Crippen LogP contribution < -0.4 is 16.4 Å². The molecular weight excluding hydrogens is 288 g/mol. The van der Waals surface area contributed by atoms with Crippen molar-refractivity contribution in [2.45, 2.75) is 6.54 Å². The topological polar surface area (TPSA) is 127 Å². The van der Waals surface area contributed by atoms with Crippen LogP contribution >= 0.6 is 12.4 Å². The zero-order valence-corrected chi connectivity index (χ0v) is 11.3. The maximum Gasteiger partial charge on any atom is 0.274 e. The molecule has 0 aliphatic carbocycles. The second kappa shape index (κ2) is 8.83. The number of para-hydroxylation sites is 1. The summed E-state index contributed by atoms with van der Waals surface area (Å²) < 4.78 is 0. The summed E-state index contributed by atoms with van der Waals surface area (Å²) in [5.41, 5.74) is 5.39. The number of hydrogen-bond acceptors (Lipinski definition) is 5. The molecule has 1 aromatic carbocycles. The van der Waals surface area contributed by atoms with E-state index in [0.717, 1.165) is 0 Å². The highest BCUT2D eigenvalue weighted by atomic mass is 35.5. The maximum absolute atomic E-state index is 11.4. The van der Waals surface area contributed by atoms with Crippen molar-refractivity contribution in [3.8, 4) is 0 Å². The second-order valence-electron chi connectivity index (χ2n) is 3.64. The minimum absolute atomic E-state index is 0. The number of nitro groups is 1. The summed E-state index contributed by atoms with van der Waals surface area (Å²) in [5, 5.41) is 15.5. The van der Waals surface area contributed by atoms with Crippen LogP contribution in [-0.4, -0.2) is 29.8 Å². The predicted molar refractivity (Wildman–Crippen MR) is 74.3 cm³/mol. The summed E-state index contributed by atoms with van der Waals surface area (Å²) in [6.45, 7) is -0.386. The number of nitrogens with two attached hydrogens (primary N) is 1. The van der Waals surface area contributed by atoms with Crippen molar-refractivity contribution in [1.29, 1.82) is 0 Å². The number of rotatable bonds is 6. The fourth-order valence-corrected chi connectivity index (χ4v) is 1.35. The summed E-state index contributed by atoms with van der Waals surface area (Å²) in [5.74, 6) is -0.888. The first kappa shape index (κ1) is 17.8. The van der Waals surface area contributed by atoms with Crippen LogP contribution in [-0.2, 0) is 16.1 Å². The molecule has 0 aromatic heterocycles. The van der Waals surface area contributed by atoms with Crippen LogP contribution in [0.4, 0.5) is 5.69 Å². The van der Waals surface area contributed by atoms with Gasteiger partial charge in [-0.05, 0) is 0 Å². The molecular formula is C11H15ClN4O4. The fourth-order valence-electron chi connectivity index (χ4n) is 1.35. The van der Waals surface area contributed by atoms with E-state index in [2.05, 4.69) is 10.6 Å². The van der Waals surface area contributed by atoms with Gasteiger partial charge in [-0.3, -0.25) is 19.7 Å². The van der Waals surface area contributed by atoms with Crippen LogP contribution in [0.5, 0.6) is 0 Å². The van der Waals surface area contributed by atoms with Gasteiger partial charge in [0.1, 0.15) is 0 Å². The Labute approximate surface area is 121 Å². The molecule has 0 saturated carbocycles. The number of carbonyl (C=O) groups is 2. The van der Waals surface area contributed by atoms with Gasteiger partial charge in [-0.2, -0.15) is 0 Å². The van der Waals surface area contributed by atoms with Crippen molar-refractivity contribution >= 4 is 29.9 Å². The van der Waals surface area contributed by atoms with Gasteiger partial charge in [0.05, 0.1) is 18.0 Å². The Hall–Kier alpha value is -2.19. The molecule has 20 heavy (non-hydrogen) atoms. The minimum Gasteiger partial charge on any atom is -0.350 e. The predicted octanol–water partition coefficient (Wildman–Crippen LogP) is -0.292. The number of hydrogen-bond donors (Lipinski definition) is 3. The van der Waals surface area contributed by atoms with E-state index >= 15 is 0 Å². The van der Waals surface area contributed by atoms with Gasteiger partial charge in [0.25, 0.3) is 5.69 Å². The van der Waals surface area contributed by atoms with Crippen LogP contribution in [0.1, 0.15) is 5.56 Å². The lowest BCUT2D eigenvalue weighted by molar-refractivity contribution is -0.385. The zero-order valence-electron chi connectivity index (χ0n) is 10.5. The largest absolute Gasteiger partial charge is 0.350 e. The smallest absolute Gasteiger partial charge is 0.274 e. The number of benzene rings is 1. The molecule has 0 bridgehead atoms. The summed E-state index contributed by atoms with van der Waals surface area (Å²) in [6, 6.07) is 6.10. The Kier molecular flexibility index (Phi) is 7.87. The molecule has 1 rings (SSSR count). The molecule has 9 heteroatoms. The summed E-state index contributed by atoms with van der Waals surface area (Å²) in [4.78, 5) is 32.4. The van der Waals surface area contributed by atoms with Crippen molar-refractivity contribution in [3.05, 3.63) is 39.9 Å². The van der Waals surface area contributed by atoms with Crippen molar-refractivity contribution in [3.63, 3.8) is 0 Å². The molecule has 110 valence electrons. The van der Waals surface area contributed by atoms with Gasteiger partial charge in [0.2, 0.25) is 11.8 Å². The van der Waals surface area contributed by atoms with Gasteiger partial charge in [-0.15, -0.1) is 12.4 Å². The lowest BCUT2D eigenvalue weighted by Crippen LogP contribution is -2.39. The van der Waals surface area contributed by atoms with Crippen molar-refractivity contribution in [2.75, 3.05) is 13.1 Å². The van der Waals surface area contributed by atoms with Gasteiger partial charge in [0.15, 0.2) is 0 Å². The Morgan fingerprint density at radius 3 is 2.45 bits per heavy atom. The number of nitro benzene ring substituents is 1. The SMILES string of the molecule is Cl.NCC(=O)NCC(=O)NCc1ccccc1[N+](=O)[O-]. The quantitative estimate of drug-likeness (QED) is 0.491. The third-order valence-electron chi connectivity index (χ3n) is 2.30. The zero-order chi connectivity index (χ0) is 14.3. The van der Waals surface area contributed by atoms with Crippen LogP contribution in [0.25, 0.3) is 0 Å². The standard InChI is InChI=1S/C11H14N4O4.ClH/c12-5-10(16)14-7-11(17)13-6-8-3-1-2-4-9(8)15(18)19;/h1-4H,5-7,12H2,(H,13,17)(H,14,16);1H. The van der Waals surface area contributed by atoms with E-state index in [1.807, 2.05) is 0 Å². The molecule has 8 nitrogen and oxygen atoms in total. The van der Waals surface area contributed by atoms with E-state index < -0.39 is 16.7 Å². The fraction of sp³-hybridized carbons (Fsp3) is 0.273. The molecule has 0 fully saturated rings. The van der Waals surface area contributed by atoms with Crippen molar-refractivity contribution < 1.29 is 14.5 Å². The molecule has 0 unspecified atom stereocenters. The molecule has 0 radical (unpaired) electrons. The van der Waals surface area contributed by atoms with Crippen molar-refractivity contribution in [1.82, 2.24) is 10.6 Å². The third kappa shape index (κ3) is 5.63. The molecule has 0 spiro atoms. The molecule has 0 aliphatic heterocycles. The molecule has 0 aliphatic rings. The van der Waals surface area contributed by atoms with Crippen LogP contribution in [0.15, 0.2) is 24.3 Å². The van der Waals surface area contributed by atoms with E-state index in [4.69, 9.17) is 5.73 Å². The van der Waals surface area contributed by atoms with Gasteiger partial charge < -0.3 is 16.4 Å². The normalized spacial score (nSPS) is 9.25. The van der Waals surface area contributed by atoms with E-state index in [0.29, 0.717) is 5.56 Å². The second-order valence-corrected chi connectivity index (χ2v) is 3.64. The molecule has 0 heterocycles. The van der Waals surface area contributed by atoms with E-state index in [1.54, 1.807) is 18.2 Å². The highest BCUT2D eigenvalue weighted by Crippen LogP contribution is 2.16. The number of amides is 2. The molecule has 0 atom stereocenters. The monoisotopic (exact) mass is 302 g/mol. The van der Waals surface area contributed by atoms with E-state index in [-0.39, 0.29) is 37.7 Å². The Balaban J connectivity index is 0.00000361. The first-order valence-electron chi connectivity index (χ1n) is 5.50. The van der Waals surface area contributed by atoms with Gasteiger partial charge >= 0.3 is 0 Å². The molecule has 0 saturated heterocycles. The highest BCUT2D eigenvalue weighted by molar-refractivity contribution is 5.85. The first-order valence-corrected chi connectivity index (χ1v) is 5.50. The van der Waals surface area contributed by atoms with Crippen LogP contribution in [0.2, 0.25) is 0 Å². The van der Waals surface area contributed by atoms with Gasteiger partial charge in [0, 0.05) is 18.2 Å². The molecule has 2 amide bonds. The lowest BCUT2D eigenvalue weighted by atomic mass is 10.2.